The maximum atomic E-state index is 12.3. The summed E-state index contributed by atoms with van der Waals surface area (Å²) < 4.78 is 5.14. The summed E-state index contributed by atoms with van der Waals surface area (Å²) >= 11 is 0. The van der Waals surface area contributed by atoms with Gasteiger partial charge in [0.1, 0.15) is 11.6 Å². The number of rotatable bonds is 7. The first-order valence-corrected chi connectivity index (χ1v) is 8.84. The molecule has 1 amide bonds. The molecule has 0 spiro atoms. The van der Waals surface area contributed by atoms with Crippen LogP contribution in [0.1, 0.15) is 16.1 Å². The van der Waals surface area contributed by atoms with E-state index >= 15 is 0 Å². The first-order chi connectivity index (χ1) is 13.5. The number of amides is 1. The Labute approximate surface area is 164 Å². The number of ether oxygens (including phenoxy) is 1. The van der Waals surface area contributed by atoms with E-state index in [0.717, 1.165) is 17.0 Å². The van der Waals surface area contributed by atoms with Crippen molar-refractivity contribution in [3.8, 4) is 5.75 Å². The van der Waals surface area contributed by atoms with Gasteiger partial charge < -0.3 is 20.3 Å². The van der Waals surface area contributed by atoms with Crippen molar-refractivity contribution in [1.82, 2.24) is 10.2 Å². The van der Waals surface area contributed by atoms with Crippen LogP contribution >= 0.6 is 0 Å². The Morgan fingerprint density at radius 3 is 2.25 bits per heavy atom. The van der Waals surface area contributed by atoms with E-state index in [1.165, 1.54) is 0 Å². The van der Waals surface area contributed by atoms with Gasteiger partial charge >= 0.3 is 0 Å². The molecular formula is C21H23N5O2. The highest BCUT2D eigenvalue weighted by atomic mass is 16.5. The first-order valence-electron chi connectivity index (χ1n) is 8.84. The fourth-order valence-electron chi connectivity index (χ4n) is 2.52. The molecule has 1 heterocycles. The molecule has 0 unspecified atom stereocenters. The second-order valence-corrected chi connectivity index (χ2v) is 6.40. The largest absolute Gasteiger partial charge is 0.497 e. The quantitative estimate of drug-likeness (QED) is 0.657. The molecule has 0 aliphatic carbocycles. The maximum absolute atomic E-state index is 12.3. The lowest BCUT2D eigenvalue weighted by atomic mass is 10.2. The maximum Gasteiger partial charge on any atom is 0.276 e. The van der Waals surface area contributed by atoms with E-state index < -0.39 is 0 Å². The molecule has 3 aromatic rings. The number of methoxy groups -OCH3 is 1. The fourth-order valence-corrected chi connectivity index (χ4v) is 2.52. The van der Waals surface area contributed by atoms with Gasteiger partial charge in [0, 0.05) is 32.0 Å². The number of aromatic nitrogens is 2. The van der Waals surface area contributed by atoms with Gasteiger partial charge in [0.15, 0.2) is 5.69 Å². The number of anilines is 3. The first kappa shape index (κ1) is 19.2. The molecule has 2 aromatic carbocycles. The summed E-state index contributed by atoms with van der Waals surface area (Å²) in [5, 5.41) is 14.1. The molecule has 7 heteroatoms. The number of benzene rings is 2. The highest BCUT2D eigenvalue weighted by molar-refractivity contribution is 6.02. The van der Waals surface area contributed by atoms with Crippen molar-refractivity contribution in [2.45, 2.75) is 6.54 Å². The zero-order chi connectivity index (χ0) is 19.9. The molecule has 0 radical (unpaired) electrons. The lowest BCUT2D eigenvalue weighted by Gasteiger charge is -2.13. The van der Waals surface area contributed by atoms with Crippen molar-refractivity contribution in [1.29, 1.82) is 0 Å². The zero-order valence-corrected chi connectivity index (χ0v) is 16.1. The van der Waals surface area contributed by atoms with Gasteiger partial charge in [-0.05, 0) is 54.1 Å². The second kappa shape index (κ2) is 8.85. The minimum Gasteiger partial charge on any atom is -0.497 e. The average molecular weight is 377 g/mol. The molecule has 0 saturated carbocycles. The third-order valence-corrected chi connectivity index (χ3v) is 4.17. The zero-order valence-electron chi connectivity index (χ0n) is 16.1. The van der Waals surface area contributed by atoms with Gasteiger partial charge in [-0.2, -0.15) is 0 Å². The van der Waals surface area contributed by atoms with Gasteiger partial charge in [0.25, 0.3) is 5.91 Å². The van der Waals surface area contributed by atoms with Crippen LogP contribution in [0, 0.1) is 0 Å². The SMILES string of the molecule is COc1ccc(CNc2ccc(C(=O)Nc3ccc(N(C)C)cc3)nn2)cc1. The van der Waals surface area contributed by atoms with Crippen molar-refractivity contribution in [3.05, 3.63) is 71.9 Å². The molecule has 7 nitrogen and oxygen atoms in total. The Morgan fingerprint density at radius 2 is 1.68 bits per heavy atom. The number of hydrogen-bond donors (Lipinski definition) is 2. The molecule has 0 bridgehead atoms. The smallest absolute Gasteiger partial charge is 0.276 e. The third kappa shape index (κ3) is 4.97. The van der Waals surface area contributed by atoms with Crippen LogP contribution in [-0.2, 0) is 6.54 Å². The topological polar surface area (TPSA) is 79.4 Å². The van der Waals surface area contributed by atoms with Gasteiger partial charge in [-0.1, -0.05) is 12.1 Å². The molecule has 144 valence electrons. The van der Waals surface area contributed by atoms with E-state index in [4.69, 9.17) is 4.74 Å². The van der Waals surface area contributed by atoms with Crippen LogP contribution in [0.3, 0.4) is 0 Å². The molecule has 28 heavy (non-hydrogen) atoms. The second-order valence-electron chi connectivity index (χ2n) is 6.40. The molecule has 0 aliphatic heterocycles. The molecule has 0 aliphatic rings. The standard InChI is InChI=1S/C21H23N5O2/c1-26(2)17-8-6-16(7-9-17)23-21(27)19-12-13-20(25-24-19)22-14-15-4-10-18(28-3)11-5-15/h4-13H,14H2,1-3H3,(H,22,25)(H,23,27). The van der Waals surface area contributed by atoms with Crippen LogP contribution < -0.4 is 20.3 Å². The average Bonchev–Trinajstić information content (AvgIpc) is 2.73. The van der Waals surface area contributed by atoms with Crippen molar-refractivity contribution < 1.29 is 9.53 Å². The summed E-state index contributed by atoms with van der Waals surface area (Å²) in [4.78, 5) is 14.3. The van der Waals surface area contributed by atoms with Crippen molar-refractivity contribution in [3.63, 3.8) is 0 Å². The van der Waals surface area contributed by atoms with Crippen molar-refractivity contribution >= 4 is 23.1 Å². The van der Waals surface area contributed by atoms with Crippen LogP contribution in [0.15, 0.2) is 60.7 Å². The molecule has 0 saturated heterocycles. The number of hydrogen-bond acceptors (Lipinski definition) is 6. The van der Waals surface area contributed by atoms with Gasteiger partial charge in [0.2, 0.25) is 0 Å². The van der Waals surface area contributed by atoms with E-state index in [1.54, 1.807) is 19.2 Å². The Bertz CT molecular complexity index is 907. The van der Waals surface area contributed by atoms with Crippen LogP contribution in [0.4, 0.5) is 17.2 Å². The summed E-state index contributed by atoms with van der Waals surface area (Å²) in [5.74, 6) is 1.12. The Morgan fingerprint density at radius 1 is 0.964 bits per heavy atom. The Kier molecular flexibility index (Phi) is 6.06. The van der Waals surface area contributed by atoms with E-state index in [2.05, 4.69) is 20.8 Å². The fraction of sp³-hybridized carbons (Fsp3) is 0.190. The lowest BCUT2D eigenvalue weighted by molar-refractivity contribution is 0.102. The normalized spacial score (nSPS) is 10.2. The minimum atomic E-state index is -0.299. The van der Waals surface area contributed by atoms with E-state index in [9.17, 15) is 4.79 Å². The monoisotopic (exact) mass is 377 g/mol. The Hall–Kier alpha value is -3.61. The summed E-state index contributed by atoms with van der Waals surface area (Å²) in [5.41, 5.74) is 3.11. The summed E-state index contributed by atoms with van der Waals surface area (Å²) in [6.45, 7) is 0.600. The predicted octanol–water partition coefficient (Wildman–Crippen LogP) is 3.42. The molecule has 0 fully saturated rings. The summed E-state index contributed by atoms with van der Waals surface area (Å²) in [6, 6.07) is 18.7. The van der Waals surface area contributed by atoms with Gasteiger partial charge in [-0.25, -0.2) is 0 Å². The van der Waals surface area contributed by atoms with E-state index in [-0.39, 0.29) is 11.6 Å². The highest BCUT2D eigenvalue weighted by Crippen LogP contribution is 2.16. The number of nitrogens with zero attached hydrogens (tertiary/aromatic N) is 3. The number of carbonyl (C=O) groups is 1. The van der Waals surface area contributed by atoms with Gasteiger partial charge in [-0.3, -0.25) is 4.79 Å². The van der Waals surface area contributed by atoms with Crippen LogP contribution in [0.25, 0.3) is 0 Å². The van der Waals surface area contributed by atoms with Crippen LogP contribution in [0.2, 0.25) is 0 Å². The number of nitrogens with one attached hydrogen (secondary N) is 2. The molecule has 1 aromatic heterocycles. The Balaban J connectivity index is 1.56. The highest BCUT2D eigenvalue weighted by Gasteiger charge is 2.09. The van der Waals surface area contributed by atoms with Gasteiger partial charge in [0.05, 0.1) is 7.11 Å². The van der Waals surface area contributed by atoms with E-state index in [0.29, 0.717) is 18.1 Å². The minimum absolute atomic E-state index is 0.256. The lowest BCUT2D eigenvalue weighted by Crippen LogP contribution is -2.15. The van der Waals surface area contributed by atoms with E-state index in [1.807, 2.05) is 67.5 Å². The van der Waals surface area contributed by atoms with Crippen molar-refractivity contribution in [2.75, 3.05) is 36.7 Å². The molecule has 3 rings (SSSR count). The van der Waals surface area contributed by atoms with Crippen LogP contribution in [-0.4, -0.2) is 37.3 Å². The molecule has 0 atom stereocenters. The third-order valence-electron chi connectivity index (χ3n) is 4.17. The van der Waals surface area contributed by atoms with Crippen molar-refractivity contribution in [2.24, 2.45) is 0 Å². The van der Waals surface area contributed by atoms with Crippen LogP contribution in [0.5, 0.6) is 5.75 Å². The summed E-state index contributed by atoms with van der Waals surface area (Å²) in [7, 11) is 5.57. The van der Waals surface area contributed by atoms with Gasteiger partial charge in [-0.15, -0.1) is 10.2 Å². The number of carbonyl (C=O) groups excluding carboxylic acids is 1. The molecule has 2 N–H and O–H groups in total. The predicted molar refractivity (Wildman–Crippen MR) is 111 cm³/mol. The summed E-state index contributed by atoms with van der Waals surface area (Å²) in [6.07, 6.45) is 0. The molecular weight excluding hydrogens is 354 g/mol.